The second-order valence-corrected chi connectivity index (χ2v) is 8.07. The average Bonchev–Trinajstić information content (AvgIpc) is 2.63. The lowest BCUT2D eigenvalue weighted by Crippen LogP contribution is -2.72. The van der Waals surface area contributed by atoms with Gasteiger partial charge in [0.05, 0.1) is 0 Å². The van der Waals surface area contributed by atoms with Gasteiger partial charge in [-0.2, -0.15) is 0 Å². The molecule has 5 aliphatic rings. The first-order chi connectivity index (χ1) is 12.6. The molecule has 1 saturated carbocycles. The first-order valence-corrected chi connectivity index (χ1v) is 9.93. The van der Waals surface area contributed by atoms with E-state index < -0.39 is 17.3 Å². The van der Waals surface area contributed by atoms with Gasteiger partial charge in [0.25, 0.3) is 0 Å². The Morgan fingerprint density at radius 3 is 1.50 bits per heavy atom. The van der Waals surface area contributed by atoms with Gasteiger partial charge in [0.2, 0.25) is 23.6 Å². The summed E-state index contributed by atoms with van der Waals surface area (Å²) in [7, 11) is 0. The van der Waals surface area contributed by atoms with Crippen molar-refractivity contribution in [3.05, 3.63) is 12.2 Å². The molecule has 0 aromatic carbocycles. The Bertz CT molecular complexity index is 595. The predicted molar refractivity (Wildman–Crippen MR) is 93.5 cm³/mol. The summed E-state index contributed by atoms with van der Waals surface area (Å²) in [6, 6.07) is 0. The molecule has 0 N–H and O–H groups in total. The number of nitrogens with zero attached hydrogens (tertiary/aromatic N) is 2. The number of carbonyl (C=O) groups excluding carboxylic acids is 4. The third-order valence-corrected chi connectivity index (χ3v) is 6.66. The topological polar surface area (TPSA) is 74.8 Å². The Hall–Kier alpha value is -1.98. The van der Waals surface area contributed by atoms with E-state index in [0.29, 0.717) is 38.8 Å². The van der Waals surface area contributed by atoms with E-state index >= 15 is 0 Å². The maximum absolute atomic E-state index is 13.2. The molecule has 2 saturated heterocycles. The number of hydrogen-bond donors (Lipinski definition) is 0. The maximum Gasteiger partial charge on any atom is 0.242 e. The third kappa shape index (κ3) is 2.45. The quantitative estimate of drug-likeness (QED) is 0.377. The van der Waals surface area contributed by atoms with Crippen LogP contribution in [0.1, 0.15) is 57.8 Å². The summed E-state index contributed by atoms with van der Waals surface area (Å²) in [6.45, 7) is 0.595. The zero-order valence-electron chi connectivity index (χ0n) is 15.1. The Labute approximate surface area is 153 Å². The van der Waals surface area contributed by atoms with E-state index in [-0.39, 0.29) is 23.6 Å². The Balaban J connectivity index is 1.80. The van der Waals surface area contributed by atoms with Crippen LogP contribution in [-0.4, -0.2) is 46.5 Å². The fourth-order valence-electron chi connectivity index (χ4n) is 5.40. The normalized spacial score (nSPS) is 29.1. The first kappa shape index (κ1) is 17.4. The number of fused-ring (bicyclic) bond motifs is 6. The van der Waals surface area contributed by atoms with Crippen molar-refractivity contribution in [2.75, 3.05) is 13.1 Å². The van der Waals surface area contributed by atoms with Gasteiger partial charge in [-0.05, 0) is 38.5 Å². The molecule has 4 amide bonds. The van der Waals surface area contributed by atoms with Crippen LogP contribution >= 0.6 is 0 Å². The number of piperidine rings is 2. The Kier molecular flexibility index (Phi) is 4.45. The molecule has 6 nitrogen and oxygen atoms in total. The minimum Gasteiger partial charge on any atom is -0.281 e. The smallest absolute Gasteiger partial charge is 0.242 e. The molecule has 0 unspecified atom stereocenters. The molecule has 1 spiro atoms. The molecular formula is C20H26N2O4. The number of amides is 4. The van der Waals surface area contributed by atoms with Crippen LogP contribution in [0.15, 0.2) is 12.2 Å². The van der Waals surface area contributed by atoms with Gasteiger partial charge in [-0.15, -0.1) is 0 Å². The van der Waals surface area contributed by atoms with Gasteiger partial charge in [0.15, 0.2) is 0 Å². The zero-order valence-corrected chi connectivity index (χ0v) is 15.1. The van der Waals surface area contributed by atoms with Gasteiger partial charge in [0, 0.05) is 18.5 Å². The van der Waals surface area contributed by atoms with Crippen LogP contribution in [0.2, 0.25) is 0 Å². The van der Waals surface area contributed by atoms with E-state index in [4.69, 9.17) is 0 Å². The molecule has 0 aromatic rings. The molecular weight excluding hydrogens is 332 g/mol. The lowest BCUT2D eigenvalue weighted by molar-refractivity contribution is -0.189. The molecule has 1 aliphatic carbocycles. The van der Waals surface area contributed by atoms with Crippen molar-refractivity contribution >= 4 is 23.6 Å². The number of allylic oxidation sites excluding steroid dienone is 2. The van der Waals surface area contributed by atoms with Crippen LogP contribution in [0.4, 0.5) is 0 Å². The van der Waals surface area contributed by atoms with Gasteiger partial charge in [0.1, 0.15) is 11.8 Å². The first-order valence-electron chi connectivity index (χ1n) is 9.93. The molecule has 4 heterocycles. The fourth-order valence-corrected chi connectivity index (χ4v) is 5.40. The van der Waals surface area contributed by atoms with E-state index in [2.05, 4.69) is 12.2 Å². The molecule has 0 radical (unpaired) electrons. The highest BCUT2D eigenvalue weighted by Crippen LogP contribution is 2.55. The molecule has 4 aliphatic heterocycles. The SMILES string of the molecule is O=C1C2C(=O)N3CCC/C=C\CCCN1C(=O)C(C3=O)C21CCCCC1. The largest absolute Gasteiger partial charge is 0.281 e. The fraction of sp³-hybridized carbons (Fsp3) is 0.700. The highest BCUT2D eigenvalue weighted by Gasteiger charge is 2.67. The molecule has 140 valence electrons. The van der Waals surface area contributed by atoms with E-state index in [1.165, 1.54) is 9.80 Å². The summed E-state index contributed by atoms with van der Waals surface area (Å²) in [6.07, 6.45) is 11.1. The van der Waals surface area contributed by atoms with Crippen molar-refractivity contribution in [1.29, 1.82) is 0 Å². The van der Waals surface area contributed by atoms with Crippen molar-refractivity contribution in [1.82, 2.24) is 9.80 Å². The van der Waals surface area contributed by atoms with Crippen LogP contribution in [0, 0.1) is 17.3 Å². The van der Waals surface area contributed by atoms with E-state index in [1.54, 1.807) is 0 Å². The van der Waals surface area contributed by atoms with Gasteiger partial charge < -0.3 is 0 Å². The van der Waals surface area contributed by atoms with Gasteiger partial charge in [-0.1, -0.05) is 31.4 Å². The lowest BCUT2D eigenvalue weighted by atomic mass is 9.54. The van der Waals surface area contributed by atoms with Crippen molar-refractivity contribution in [2.24, 2.45) is 17.3 Å². The van der Waals surface area contributed by atoms with Gasteiger partial charge >= 0.3 is 0 Å². The molecule has 0 atom stereocenters. The summed E-state index contributed by atoms with van der Waals surface area (Å²) in [5, 5.41) is 0. The van der Waals surface area contributed by atoms with E-state index in [1.807, 2.05) is 0 Å². The molecule has 26 heavy (non-hydrogen) atoms. The standard InChI is InChI=1S/C20H26N2O4/c23-16-14-18(25)22-13-9-4-2-1-3-8-12-21(16)17(24)15(19(22)26)20(14)10-6-5-7-11-20/h1-2,14-15H,3-13H2/b2-1-. The zero-order chi connectivity index (χ0) is 18.3. The molecule has 5 rings (SSSR count). The highest BCUT2D eigenvalue weighted by molar-refractivity contribution is 6.22. The molecule has 3 fully saturated rings. The number of rotatable bonds is 0. The molecule has 6 heteroatoms. The van der Waals surface area contributed by atoms with Crippen molar-refractivity contribution in [2.45, 2.75) is 57.8 Å². The van der Waals surface area contributed by atoms with Gasteiger partial charge in [-0.3, -0.25) is 29.0 Å². The number of carbonyl (C=O) groups is 4. The number of imide groups is 2. The molecule has 0 aromatic heterocycles. The van der Waals surface area contributed by atoms with Crippen LogP contribution in [0.25, 0.3) is 0 Å². The summed E-state index contributed by atoms with van der Waals surface area (Å²) < 4.78 is 0. The summed E-state index contributed by atoms with van der Waals surface area (Å²) in [5.74, 6) is -3.15. The third-order valence-electron chi connectivity index (χ3n) is 6.66. The number of hydrogen-bond acceptors (Lipinski definition) is 4. The Morgan fingerprint density at radius 1 is 0.654 bits per heavy atom. The van der Waals surface area contributed by atoms with E-state index in [0.717, 1.165) is 32.1 Å². The summed E-state index contributed by atoms with van der Waals surface area (Å²) in [5.41, 5.74) is -0.772. The van der Waals surface area contributed by atoms with Crippen LogP contribution in [0.5, 0.6) is 0 Å². The second kappa shape index (κ2) is 6.63. The minimum absolute atomic E-state index is 0.297. The van der Waals surface area contributed by atoms with Gasteiger partial charge in [-0.25, -0.2) is 0 Å². The summed E-state index contributed by atoms with van der Waals surface area (Å²) in [4.78, 5) is 55.3. The minimum atomic E-state index is -0.850. The lowest BCUT2D eigenvalue weighted by Gasteiger charge is -2.55. The van der Waals surface area contributed by atoms with Crippen molar-refractivity contribution < 1.29 is 19.2 Å². The van der Waals surface area contributed by atoms with Crippen LogP contribution in [0.3, 0.4) is 0 Å². The van der Waals surface area contributed by atoms with Crippen molar-refractivity contribution in [3.8, 4) is 0 Å². The van der Waals surface area contributed by atoms with Crippen LogP contribution < -0.4 is 0 Å². The highest BCUT2D eigenvalue weighted by atomic mass is 16.2. The molecule has 4 bridgehead atoms. The summed E-state index contributed by atoms with van der Waals surface area (Å²) >= 11 is 0. The van der Waals surface area contributed by atoms with Crippen LogP contribution in [-0.2, 0) is 19.2 Å². The predicted octanol–water partition coefficient (Wildman–Crippen LogP) is 2.04. The average molecular weight is 358 g/mol. The van der Waals surface area contributed by atoms with E-state index in [9.17, 15) is 19.2 Å². The Morgan fingerprint density at radius 2 is 1.08 bits per heavy atom. The van der Waals surface area contributed by atoms with Crippen molar-refractivity contribution in [3.63, 3.8) is 0 Å². The maximum atomic E-state index is 13.2. The monoisotopic (exact) mass is 358 g/mol. The second-order valence-electron chi connectivity index (χ2n) is 8.07.